The molecule has 0 aliphatic rings. The Morgan fingerprint density at radius 2 is 2.23 bits per heavy atom. The van der Waals surface area contributed by atoms with Gasteiger partial charge in [-0.3, -0.25) is 0 Å². The average Bonchev–Trinajstić information content (AvgIpc) is 2.44. The van der Waals surface area contributed by atoms with Gasteiger partial charge in [0, 0.05) is 6.42 Å². The lowest BCUT2D eigenvalue weighted by atomic mass is 10.3. The molecular weight excluding hydrogens is 164 g/mol. The molecule has 0 radical (unpaired) electrons. The van der Waals surface area contributed by atoms with Gasteiger partial charge in [0.25, 0.3) is 0 Å². The minimum Gasteiger partial charge on any atom is -0.340 e. The molecule has 1 N–H and O–H groups in total. The number of fused-ring (bicyclic) bond motifs is 1. The van der Waals surface area contributed by atoms with Crippen molar-refractivity contribution in [2.75, 3.05) is 0 Å². The Hall–Kier alpha value is -1.45. The fourth-order valence-electron chi connectivity index (χ4n) is 1.31. The predicted molar refractivity (Wildman–Crippen MR) is 50.4 cm³/mol. The number of nitrogens with one attached hydrogen (secondary N) is 1. The summed E-state index contributed by atoms with van der Waals surface area (Å²) in [7, 11) is 0. The number of nitrogens with zero attached hydrogens (tertiary/aromatic N) is 3. The van der Waals surface area contributed by atoms with Crippen molar-refractivity contribution < 1.29 is 0 Å². The van der Waals surface area contributed by atoms with Crippen molar-refractivity contribution in [1.29, 1.82) is 0 Å². The third kappa shape index (κ3) is 1.52. The molecule has 0 fully saturated rings. The van der Waals surface area contributed by atoms with Crippen LogP contribution in [-0.2, 0) is 6.42 Å². The van der Waals surface area contributed by atoms with Crippen molar-refractivity contribution in [2.24, 2.45) is 0 Å². The summed E-state index contributed by atoms with van der Waals surface area (Å²) in [6, 6.07) is 0. The summed E-state index contributed by atoms with van der Waals surface area (Å²) >= 11 is 0. The van der Waals surface area contributed by atoms with Gasteiger partial charge in [-0.05, 0) is 13.3 Å². The first-order valence-electron chi connectivity index (χ1n) is 4.48. The van der Waals surface area contributed by atoms with E-state index in [-0.39, 0.29) is 0 Å². The lowest BCUT2D eigenvalue weighted by Gasteiger charge is -1.94. The molecule has 2 rings (SSSR count). The molecule has 68 valence electrons. The van der Waals surface area contributed by atoms with Crippen molar-refractivity contribution in [1.82, 2.24) is 19.9 Å². The zero-order valence-corrected chi connectivity index (χ0v) is 7.83. The maximum absolute atomic E-state index is 4.33. The van der Waals surface area contributed by atoms with E-state index in [2.05, 4.69) is 26.9 Å². The van der Waals surface area contributed by atoms with Crippen LogP contribution in [0.2, 0.25) is 0 Å². The molecule has 0 amide bonds. The van der Waals surface area contributed by atoms with Crippen LogP contribution in [0.4, 0.5) is 0 Å². The van der Waals surface area contributed by atoms with E-state index in [0.29, 0.717) is 0 Å². The van der Waals surface area contributed by atoms with Gasteiger partial charge in [0.15, 0.2) is 5.65 Å². The third-order valence-corrected chi connectivity index (χ3v) is 1.88. The molecule has 0 aliphatic carbocycles. The second-order valence-electron chi connectivity index (χ2n) is 3.10. The molecule has 4 nitrogen and oxygen atoms in total. The van der Waals surface area contributed by atoms with E-state index in [1.807, 2.05) is 6.92 Å². The zero-order chi connectivity index (χ0) is 9.26. The summed E-state index contributed by atoms with van der Waals surface area (Å²) in [5.41, 5.74) is 1.69. The van der Waals surface area contributed by atoms with E-state index in [4.69, 9.17) is 0 Å². The summed E-state index contributed by atoms with van der Waals surface area (Å²) in [4.78, 5) is 15.9. The molecule has 0 unspecified atom stereocenters. The highest BCUT2D eigenvalue weighted by Gasteiger charge is 2.02. The maximum Gasteiger partial charge on any atom is 0.181 e. The summed E-state index contributed by atoms with van der Waals surface area (Å²) in [6.07, 6.45) is 3.78. The number of hydrogen-bond donors (Lipinski definition) is 1. The second kappa shape index (κ2) is 3.12. The monoisotopic (exact) mass is 176 g/mol. The first-order valence-corrected chi connectivity index (χ1v) is 4.48. The number of aromatic amines is 1. The van der Waals surface area contributed by atoms with E-state index in [1.165, 1.54) is 0 Å². The molecule has 2 heterocycles. The van der Waals surface area contributed by atoms with Crippen LogP contribution in [0.15, 0.2) is 6.20 Å². The van der Waals surface area contributed by atoms with Crippen LogP contribution < -0.4 is 0 Å². The lowest BCUT2D eigenvalue weighted by molar-refractivity contribution is 0.842. The molecule has 4 heteroatoms. The van der Waals surface area contributed by atoms with Gasteiger partial charge in [-0.2, -0.15) is 0 Å². The van der Waals surface area contributed by atoms with Crippen LogP contribution in [0, 0.1) is 6.92 Å². The Kier molecular flexibility index (Phi) is 1.96. The molecule has 0 spiro atoms. The number of rotatable bonds is 2. The highest BCUT2D eigenvalue weighted by atomic mass is 15.0. The summed E-state index contributed by atoms with van der Waals surface area (Å²) in [5.74, 6) is 1.76. The minimum atomic E-state index is 0.774. The fourth-order valence-corrected chi connectivity index (χ4v) is 1.31. The van der Waals surface area contributed by atoms with Crippen molar-refractivity contribution in [3.05, 3.63) is 17.8 Å². The van der Waals surface area contributed by atoms with Crippen molar-refractivity contribution >= 4 is 11.2 Å². The smallest absolute Gasteiger partial charge is 0.181 e. The summed E-state index contributed by atoms with van der Waals surface area (Å²) in [6.45, 7) is 4.03. The standard InChI is InChI=1S/C9H12N4/c1-3-4-8-10-5-7-9(13-8)12-6(2)11-7/h5H,3-4H2,1-2H3,(H,10,11,12,13). The molecule has 0 bridgehead atoms. The minimum absolute atomic E-state index is 0.774. The maximum atomic E-state index is 4.33. The Bertz CT molecular complexity index is 418. The number of H-pyrrole nitrogens is 1. The van der Waals surface area contributed by atoms with Crippen LogP contribution in [0.5, 0.6) is 0 Å². The van der Waals surface area contributed by atoms with Crippen molar-refractivity contribution in [2.45, 2.75) is 26.7 Å². The van der Waals surface area contributed by atoms with Gasteiger partial charge in [-0.25, -0.2) is 15.0 Å². The Morgan fingerprint density at radius 3 is 3.00 bits per heavy atom. The molecule has 2 aromatic heterocycles. The molecule has 2 aromatic rings. The largest absolute Gasteiger partial charge is 0.340 e. The van der Waals surface area contributed by atoms with Gasteiger partial charge >= 0.3 is 0 Å². The van der Waals surface area contributed by atoms with Gasteiger partial charge in [0.1, 0.15) is 17.2 Å². The quantitative estimate of drug-likeness (QED) is 0.756. The topological polar surface area (TPSA) is 54.5 Å². The van der Waals surface area contributed by atoms with Gasteiger partial charge in [-0.1, -0.05) is 6.92 Å². The molecule has 0 saturated heterocycles. The van der Waals surface area contributed by atoms with Crippen LogP contribution in [0.25, 0.3) is 11.2 Å². The highest BCUT2D eigenvalue weighted by Crippen LogP contribution is 2.07. The lowest BCUT2D eigenvalue weighted by Crippen LogP contribution is -1.93. The fraction of sp³-hybridized carbons (Fsp3) is 0.444. The first kappa shape index (κ1) is 8.16. The molecule has 0 atom stereocenters. The van der Waals surface area contributed by atoms with E-state index in [0.717, 1.165) is 35.7 Å². The molecule has 0 aromatic carbocycles. The van der Waals surface area contributed by atoms with E-state index in [9.17, 15) is 0 Å². The SMILES string of the molecule is CCCc1ncc2[nH]c(C)nc2n1. The van der Waals surface area contributed by atoms with E-state index in [1.54, 1.807) is 6.20 Å². The molecular formula is C9H12N4. The first-order chi connectivity index (χ1) is 6.29. The molecule has 0 saturated carbocycles. The van der Waals surface area contributed by atoms with Crippen LogP contribution in [0.1, 0.15) is 25.0 Å². The third-order valence-electron chi connectivity index (χ3n) is 1.88. The summed E-state index contributed by atoms with van der Waals surface area (Å²) < 4.78 is 0. The Labute approximate surface area is 76.4 Å². The zero-order valence-electron chi connectivity index (χ0n) is 7.83. The van der Waals surface area contributed by atoms with Crippen LogP contribution in [-0.4, -0.2) is 19.9 Å². The number of aromatic nitrogens is 4. The van der Waals surface area contributed by atoms with Crippen LogP contribution >= 0.6 is 0 Å². The molecule has 0 aliphatic heterocycles. The Balaban J connectivity index is 2.48. The number of aryl methyl sites for hydroxylation is 2. The average molecular weight is 176 g/mol. The van der Waals surface area contributed by atoms with Gasteiger partial charge in [-0.15, -0.1) is 0 Å². The van der Waals surface area contributed by atoms with Crippen molar-refractivity contribution in [3.8, 4) is 0 Å². The number of imidazole rings is 1. The predicted octanol–water partition coefficient (Wildman–Crippen LogP) is 1.61. The molecule has 13 heavy (non-hydrogen) atoms. The summed E-state index contributed by atoms with van der Waals surface area (Å²) in [5, 5.41) is 0. The Morgan fingerprint density at radius 1 is 1.38 bits per heavy atom. The van der Waals surface area contributed by atoms with Crippen molar-refractivity contribution in [3.63, 3.8) is 0 Å². The van der Waals surface area contributed by atoms with Crippen LogP contribution in [0.3, 0.4) is 0 Å². The van der Waals surface area contributed by atoms with Gasteiger partial charge in [0.2, 0.25) is 0 Å². The normalized spacial score (nSPS) is 10.9. The number of hydrogen-bond acceptors (Lipinski definition) is 3. The van der Waals surface area contributed by atoms with Gasteiger partial charge in [0.05, 0.1) is 6.20 Å². The van der Waals surface area contributed by atoms with E-state index >= 15 is 0 Å². The second-order valence-corrected chi connectivity index (χ2v) is 3.10. The van der Waals surface area contributed by atoms with Gasteiger partial charge < -0.3 is 4.98 Å². The highest BCUT2D eigenvalue weighted by molar-refractivity contribution is 5.68. The van der Waals surface area contributed by atoms with E-state index < -0.39 is 0 Å².